The summed E-state index contributed by atoms with van der Waals surface area (Å²) >= 11 is 0. The van der Waals surface area contributed by atoms with Crippen LogP contribution in [0.5, 0.6) is 0 Å². The number of rotatable bonds is 3. The van der Waals surface area contributed by atoms with Gasteiger partial charge in [0, 0.05) is 12.7 Å². The van der Waals surface area contributed by atoms with E-state index in [2.05, 4.69) is 62.5 Å². The Morgan fingerprint density at radius 1 is 1.05 bits per heavy atom. The van der Waals surface area contributed by atoms with Crippen molar-refractivity contribution in [2.75, 3.05) is 12.4 Å². The second kappa shape index (κ2) is 10.9. The third-order valence-corrected chi connectivity index (χ3v) is 3.48. The van der Waals surface area contributed by atoms with Gasteiger partial charge in [0.1, 0.15) is 0 Å². The van der Waals surface area contributed by atoms with Gasteiger partial charge in [-0.05, 0) is 59.9 Å². The first-order valence-corrected chi connectivity index (χ1v) is 8.58. The molecule has 0 atom stereocenters. The number of hydrogen-bond acceptors (Lipinski definition) is 1. The summed E-state index contributed by atoms with van der Waals surface area (Å²) in [5.74, 6) is 0. The Bertz CT molecular complexity index is 594. The topological polar surface area (TPSA) is 12.0 Å². The van der Waals surface area contributed by atoms with Crippen molar-refractivity contribution in [3.8, 4) is 0 Å². The van der Waals surface area contributed by atoms with Crippen LogP contribution in [-0.2, 0) is 6.42 Å². The van der Waals surface area contributed by atoms with Crippen LogP contribution in [0.4, 0.5) is 5.69 Å². The molecule has 0 fully saturated rings. The number of hydrogen-bond donors (Lipinski definition) is 1. The number of benzene rings is 2. The molecule has 0 aromatic heterocycles. The predicted molar refractivity (Wildman–Crippen MR) is 105 cm³/mol. The van der Waals surface area contributed by atoms with E-state index in [1.807, 2.05) is 34.7 Å². The summed E-state index contributed by atoms with van der Waals surface area (Å²) in [6.07, 6.45) is 5.40. The van der Waals surface area contributed by atoms with Gasteiger partial charge in [-0.2, -0.15) is 0 Å². The zero-order chi connectivity index (χ0) is 17.1. The third kappa shape index (κ3) is 4.62. The molecule has 122 valence electrons. The van der Waals surface area contributed by atoms with E-state index in [0.29, 0.717) is 0 Å². The number of aryl methyl sites for hydroxylation is 2. The monoisotopic (exact) mass is 299 g/mol. The van der Waals surface area contributed by atoms with Gasteiger partial charge in [0.25, 0.3) is 0 Å². The van der Waals surface area contributed by atoms with Crippen molar-refractivity contribution < 1.29 is 0 Å². The lowest BCUT2D eigenvalue weighted by Gasteiger charge is -2.12. The molecular weight excluding hydrogens is 266 g/mol. The van der Waals surface area contributed by atoms with E-state index in [0.717, 1.165) is 6.42 Å². The number of nitrogens with one attached hydrogen (secondary N) is 1. The number of anilines is 1. The van der Waals surface area contributed by atoms with E-state index in [4.69, 9.17) is 0 Å². The van der Waals surface area contributed by atoms with Crippen molar-refractivity contribution in [1.82, 2.24) is 0 Å². The fourth-order valence-corrected chi connectivity index (χ4v) is 2.50. The Balaban J connectivity index is 0.00000102. The maximum absolute atomic E-state index is 3.27. The zero-order valence-corrected chi connectivity index (χ0v) is 15.7. The molecule has 1 N–H and O–H groups in total. The van der Waals surface area contributed by atoms with Crippen LogP contribution < -0.4 is 5.32 Å². The number of allylic oxidation sites excluding steroid dienone is 1. The minimum atomic E-state index is 1.07. The van der Waals surface area contributed by atoms with E-state index in [9.17, 15) is 0 Å². The van der Waals surface area contributed by atoms with Gasteiger partial charge in [0.05, 0.1) is 0 Å². The van der Waals surface area contributed by atoms with Gasteiger partial charge in [0.2, 0.25) is 0 Å². The summed E-state index contributed by atoms with van der Waals surface area (Å²) in [4.78, 5) is 0. The average molecular weight is 300 g/mol. The molecule has 2 aromatic carbocycles. The maximum Gasteiger partial charge on any atom is 0.0373 e. The largest absolute Gasteiger partial charge is 0.388 e. The van der Waals surface area contributed by atoms with E-state index in [-0.39, 0.29) is 0 Å². The lowest BCUT2D eigenvalue weighted by atomic mass is 9.95. The van der Waals surface area contributed by atoms with Gasteiger partial charge < -0.3 is 5.32 Å². The molecule has 0 spiro atoms. The van der Waals surface area contributed by atoms with E-state index >= 15 is 0 Å². The maximum atomic E-state index is 3.27. The molecule has 0 aliphatic heterocycles. The van der Waals surface area contributed by atoms with Crippen LogP contribution in [0.25, 0.3) is 16.8 Å². The van der Waals surface area contributed by atoms with Gasteiger partial charge in [0.15, 0.2) is 0 Å². The first-order valence-electron chi connectivity index (χ1n) is 8.58. The summed E-state index contributed by atoms with van der Waals surface area (Å²) in [7, 11) is 1.98. The Hall–Kier alpha value is -1.76. The SMILES string of the molecule is C/C=C\c1c(CC)ccc2cc(C)c(NC)cc12.CC.CC. The van der Waals surface area contributed by atoms with Crippen LogP contribution in [0.2, 0.25) is 0 Å². The minimum Gasteiger partial charge on any atom is -0.388 e. The molecule has 0 bridgehead atoms. The van der Waals surface area contributed by atoms with Crippen molar-refractivity contribution in [1.29, 1.82) is 0 Å². The summed E-state index contributed by atoms with van der Waals surface area (Å²) in [5.41, 5.74) is 5.27. The molecule has 0 saturated heterocycles. The summed E-state index contributed by atoms with van der Waals surface area (Å²) in [5, 5.41) is 5.92. The van der Waals surface area contributed by atoms with Gasteiger partial charge in [-0.25, -0.2) is 0 Å². The first kappa shape index (κ1) is 20.2. The summed E-state index contributed by atoms with van der Waals surface area (Å²) < 4.78 is 0. The van der Waals surface area contributed by atoms with Crippen LogP contribution in [0.15, 0.2) is 30.3 Å². The highest BCUT2D eigenvalue weighted by Gasteiger charge is 2.06. The fraction of sp³-hybridized carbons (Fsp3) is 0.429. The smallest absolute Gasteiger partial charge is 0.0373 e. The van der Waals surface area contributed by atoms with Crippen LogP contribution in [0.1, 0.15) is 58.2 Å². The summed E-state index contributed by atoms with van der Waals surface area (Å²) in [6, 6.07) is 9.00. The molecule has 2 aromatic rings. The van der Waals surface area contributed by atoms with Crippen LogP contribution in [-0.4, -0.2) is 7.05 Å². The average Bonchev–Trinajstić information content (AvgIpc) is 2.58. The van der Waals surface area contributed by atoms with Crippen molar-refractivity contribution in [3.05, 3.63) is 47.0 Å². The predicted octanol–water partition coefficient (Wildman–Crippen LogP) is 6.84. The van der Waals surface area contributed by atoms with Crippen molar-refractivity contribution in [2.45, 2.75) is 54.9 Å². The third-order valence-electron chi connectivity index (χ3n) is 3.48. The molecule has 0 radical (unpaired) electrons. The van der Waals surface area contributed by atoms with E-state index < -0.39 is 0 Å². The summed E-state index contributed by atoms with van der Waals surface area (Å²) in [6.45, 7) is 14.4. The van der Waals surface area contributed by atoms with Gasteiger partial charge in [-0.15, -0.1) is 0 Å². The quantitative estimate of drug-likeness (QED) is 0.654. The van der Waals surface area contributed by atoms with E-state index in [1.54, 1.807) is 0 Å². The molecular formula is C21H33N. The van der Waals surface area contributed by atoms with Gasteiger partial charge >= 0.3 is 0 Å². The van der Waals surface area contributed by atoms with Crippen LogP contribution >= 0.6 is 0 Å². The van der Waals surface area contributed by atoms with Crippen molar-refractivity contribution in [3.63, 3.8) is 0 Å². The van der Waals surface area contributed by atoms with Crippen LogP contribution in [0, 0.1) is 6.92 Å². The standard InChI is InChI=1S/C17H21N.2C2H6/c1-5-7-15-13(6-2)8-9-14-10-12(3)17(18-4)11-16(14)15;2*1-2/h5,7-11,18H,6H2,1-4H3;2*1-2H3/b7-5-;;. The van der Waals surface area contributed by atoms with Crippen LogP contribution in [0.3, 0.4) is 0 Å². The second-order valence-electron chi connectivity index (χ2n) is 4.63. The molecule has 0 unspecified atom stereocenters. The molecule has 22 heavy (non-hydrogen) atoms. The molecule has 0 aliphatic carbocycles. The Morgan fingerprint density at radius 2 is 1.68 bits per heavy atom. The minimum absolute atomic E-state index is 1.07. The zero-order valence-electron chi connectivity index (χ0n) is 15.7. The molecule has 1 nitrogen and oxygen atoms in total. The Kier molecular flexibility index (Phi) is 10.0. The van der Waals surface area contributed by atoms with Gasteiger partial charge in [-0.1, -0.05) is 58.9 Å². The molecule has 0 amide bonds. The second-order valence-corrected chi connectivity index (χ2v) is 4.63. The van der Waals surface area contributed by atoms with Crippen molar-refractivity contribution >= 4 is 22.5 Å². The molecule has 0 heterocycles. The first-order chi connectivity index (χ1) is 10.7. The normalized spacial score (nSPS) is 9.82. The van der Waals surface area contributed by atoms with Crippen molar-refractivity contribution in [2.24, 2.45) is 0 Å². The molecule has 0 aliphatic rings. The lowest BCUT2D eigenvalue weighted by molar-refractivity contribution is 1.14. The molecule has 0 saturated carbocycles. The fourth-order valence-electron chi connectivity index (χ4n) is 2.50. The Morgan fingerprint density at radius 3 is 2.18 bits per heavy atom. The highest BCUT2D eigenvalue weighted by molar-refractivity contribution is 5.95. The van der Waals surface area contributed by atoms with E-state index in [1.165, 1.54) is 33.2 Å². The molecule has 1 heteroatoms. The highest BCUT2D eigenvalue weighted by atomic mass is 14.8. The Labute approximate surface area is 137 Å². The number of fused-ring (bicyclic) bond motifs is 1. The molecule has 2 rings (SSSR count). The lowest BCUT2D eigenvalue weighted by Crippen LogP contribution is -1.94. The highest BCUT2D eigenvalue weighted by Crippen LogP contribution is 2.29. The van der Waals surface area contributed by atoms with Gasteiger partial charge in [-0.3, -0.25) is 0 Å².